The third-order valence-corrected chi connectivity index (χ3v) is 5.96. The molecule has 0 unspecified atom stereocenters. The predicted molar refractivity (Wildman–Crippen MR) is 108 cm³/mol. The van der Waals surface area contributed by atoms with Crippen molar-refractivity contribution in [2.75, 3.05) is 19.6 Å². The van der Waals surface area contributed by atoms with E-state index in [-0.39, 0.29) is 18.4 Å². The molecule has 2 heterocycles. The Morgan fingerprint density at radius 1 is 1.17 bits per heavy atom. The molecule has 4 rings (SSSR count). The number of carbonyl (C=O) groups is 2. The first-order valence-electron chi connectivity index (χ1n) is 10.1. The lowest BCUT2D eigenvalue weighted by molar-refractivity contribution is -0.147. The van der Waals surface area contributed by atoms with E-state index in [1.54, 1.807) is 17.0 Å². The number of benzene rings is 2. The Morgan fingerprint density at radius 3 is 2.66 bits per heavy atom. The molecule has 2 aromatic rings. The fraction of sp³-hybridized carbons (Fsp3) is 0.391. The van der Waals surface area contributed by atoms with Gasteiger partial charge in [-0.2, -0.15) is 0 Å². The number of para-hydroxylation sites is 1. The maximum absolute atomic E-state index is 13.0. The Balaban J connectivity index is 1.42. The summed E-state index contributed by atoms with van der Waals surface area (Å²) in [5.41, 5.74) is 0.675. The number of amides is 2. The first kappa shape index (κ1) is 19.5. The van der Waals surface area contributed by atoms with Crippen molar-refractivity contribution in [1.29, 1.82) is 0 Å². The van der Waals surface area contributed by atoms with Gasteiger partial charge in [-0.25, -0.2) is 0 Å². The molecular weight excluding hydrogens is 368 g/mol. The minimum Gasteiger partial charge on any atom is -0.489 e. The number of nitrogens with zero attached hydrogens (tertiary/aromatic N) is 1. The summed E-state index contributed by atoms with van der Waals surface area (Å²) in [5, 5.41) is 13.4. The van der Waals surface area contributed by atoms with Gasteiger partial charge in [0.2, 0.25) is 5.91 Å². The van der Waals surface area contributed by atoms with Crippen molar-refractivity contribution in [2.24, 2.45) is 5.41 Å². The minimum absolute atomic E-state index is 0.106. The van der Waals surface area contributed by atoms with Gasteiger partial charge in [0.05, 0.1) is 11.5 Å². The molecule has 2 N–H and O–H groups in total. The molecule has 2 aliphatic heterocycles. The highest BCUT2D eigenvalue weighted by Crippen LogP contribution is 2.37. The van der Waals surface area contributed by atoms with Crippen LogP contribution in [0.4, 0.5) is 0 Å². The number of ether oxygens (including phenoxy) is 1. The first-order chi connectivity index (χ1) is 14.1. The molecule has 1 spiro atoms. The summed E-state index contributed by atoms with van der Waals surface area (Å²) >= 11 is 0. The maximum Gasteiger partial charge on any atom is 0.253 e. The zero-order valence-corrected chi connectivity index (χ0v) is 16.3. The van der Waals surface area contributed by atoms with Crippen LogP contribution in [0.15, 0.2) is 54.6 Å². The van der Waals surface area contributed by atoms with E-state index in [9.17, 15) is 14.7 Å². The predicted octanol–water partition coefficient (Wildman–Crippen LogP) is 2.37. The molecule has 0 bridgehead atoms. The molecular formula is C23H26N2O4. The number of aliphatic hydroxyl groups is 1. The van der Waals surface area contributed by atoms with Gasteiger partial charge in [-0.15, -0.1) is 0 Å². The van der Waals surface area contributed by atoms with Gasteiger partial charge in [0, 0.05) is 25.2 Å². The van der Waals surface area contributed by atoms with E-state index in [1.807, 2.05) is 42.5 Å². The number of nitrogens with one attached hydrogen (secondary N) is 1. The molecule has 6 heteroatoms. The Morgan fingerprint density at radius 2 is 1.93 bits per heavy atom. The maximum atomic E-state index is 13.0. The van der Waals surface area contributed by atoms with E-state index in [2.05, 4.69) is 5.32 Å². The number of likely N-dealkylation sites (tertiary alicyclic amines) is 1. The van der Waals surface area contributed by atoms with E-state index in [0.29, 0.717) is 38.1 Å². The van der Waals surface area contributed by atoms with Crippen LogP contribution in [0.5, 0.6) is 5.75 Å². The monoisotopic (exact) mass is 394 g/mol. The van der Waals surface area contributed by atoms with Crippen molar-refractivity contribution in [2.45, 2.75) is 32.0 Å². The lowest BCUT2D eigenvalue weighted by Crippen LogP contribution is -2.62. The fourth-order valence-corrected chi connectivity index (χ4v) is 4.23. The Labute approximate surface area is 170 Å². The molecule has 0 saturated carbocycles. The van der Waals surface area contributed by atoms with Crippen molar-refractivity contribution in [3.05, 3.63) is 65.7 Å². The average molecular weight is 394 g/mol. The van der Waals surface area contributed by atoms with Crippen molar-refractivity contribution in [3.8, 4) is 5.75 Å². The second-order valence-electron chi connectivity index (χ2n) is 7.85. The normalized spacial score (nSPS) is 24.2. The van der Waals surface area contributed by atoms with Crippen molar-refractivity contribution in [1.82, 2.24) is 10.2 Å². The largest absolute Gasteiger partial charge is 0.489 e. The number of hydrogen-bond acceptors (Lipinski definition) is 4. The minimum atomic E-state index is -0.879. The van der Waals surface area contributed by atoms with Crippen LogP contribution < -0.4 is 10.1 Å². The van der Waals surface area contributed by atoms with Crippen LogP contribution in [0, 0.1) is 5.41 Å². The summed E-state index contributed by atoms with van der Waals surface area (Å²) in [6.07, 6.45) is 1.15. The quantitative estimate of drug-likeness (QED) is 0.835. The molecule has 0 radical (unpaired) electrons. The highest BCUT2D eigenvalue weighted by molar-refractivity contribution is 5.95. The third-order valence-electron chi connectivity index (χ3n) is 5.96. The van der Waals surface area contributed by atoms with E-state index in [4.69, 9.17) is 4.74 Å². The highest BCUT2D eigenvalue weighted by Gasteiger charge is 2.50. The van der Waals surface area contributed by atoms with Crippen molar-refractivity contribution >= 4 is 11.8 Å². The zero-order chi connectivity index (χ0) is 20.3. The van der Waals surface area contributed by atoms with Gasteiger partial charge >= 0.3 is 0 Å². The van der Waals surface area contributed by atoms with Crippen LogP contribution in [0.3, 0.4) is 0 Å². The SMILES string of the molecule is O=C(c1ccc(COc2ccccc2)cc1)N1CC[C@H](O)[C@@]2(CCCNC2=O)C1. The third kappa shape index (κ3) is 3.98. The van der Waals surface area contributed by atoms with Crippen LogP contribution in [-0.2, 0) is 11.4 Å². The number of hydrogen-bond donors (Lipinski definition) is 2. The van der Waals surface area contributed by atoms with Crippen molar-refractivity contribution in [3.63, 3.8) is 0 Å². The van der Waals surface area contributed by atoms with Gasteiger partial charge in [-0.1, -0.05) is 30.3 Å². The molecule has 2 aliphatic rings. The van der Waals surface area contributed by atoms with Crippen LogP contribution in [0.2, 0.25) is 0 Å². The van der Waals surface area contributed by atoms with E-state index >= 15 is 0 Å². The topological polar surface area (TPSA) is 78.9 Å². The highest BCUT2D eigenvalue weighted by atomic mass is 16.5. The fourth-order valence-electron chi connectivity index (χ4n) is 4.23. The van der Waals surface area contributed by atoms with Crippen LogP contribution >= 0.6 is 0 Å². The Kier molecular flexibility index (Phi) is 5.53. The first-order valence-corrected chi connectivity index (χ1v) is 10.1. The van der Waals surface area contributed by atoms with Gasteiger partial charge in [0.1, 0.15) is 12.4 Å². The Bertz CT molecular complexity index is 868. The summed E-state index contributed by atoms with van der Waals surface area (Å²) in [4.78, 5) is 27.2. The number of carbonyl (C=O) groups excluding carboxylic acids is 2. The molecule has 2 aromatic carbocycles. The molecule has 2 atom stereocenters. The lowest BCUT2D eigenvalue weighted by atomic mass is 9.71. The van der Waals surface area contributed by atoms with Crippen LogP contribution in [0.25, 0.3) is 0 Å². The summed E-state index contributed by atoms with van der Waals surface area (Å²) in [7, 11) is 0. The van der Waals surface area contributed by atoms with Gasteiger partial charge < -0.3 is 20.1 Å². The summed E-state index contributed by atoms with van der Waals surface area (Å²) in [5.74, 6) is 0.558. The molecule has 2 saturated heterocycles. The number of rotatable bonds is 4. The second-order valence-corrected chi connectivity index (χ2v) is 7.85. The lowest BCUT2D eigenvalue weighted by Gasteiger charge is -2.46. The second kappa shape index (κ2) is 8.25. The molecule has 2 amide bonds. The van der Waals surface area contributed by atoms with Crippen molar-refractivity contribution < 1.29 is 19.4 Å². The van der Waals surface area contributed by atoms with Gasteiger partial charge in [0.25, 0.3) is 5.91 Å². The smallest absolute Gasteiger partial charge is 0.253 e. The van der Waals surface area contributed by atoms with E-state index < -0.39 is 11.5 Å². The summed E-state index contributed by atoms with van der Waals surface area (Å²) in [6, 6.07) is 17.0. The summed E-state index contributed by atoms with van der Waals surface area (Å²) < 4.78 is 5.74. The molecule has 0 aliphatic carbocycles. The van der Waals surface area contributed by atoms with E-state index in [1.165, 1.54) is 0 Å². The average Bonchev–Trinajstić information content (AvgIpc) is 2.77. The molecule has 29 heavy (non-hydrogen) atoms. The van der Waals surface area contributed by atoms with Gasteiger partial charge in [-0.05, 0) is 49.1 Å². The molecule has 2 fully saturated rings. The number of piperidine rings is 2. The molecule has 0 aromatic heterocycles. The van der Waals surface area contributed by atoms with Gasteiger partial charge in [0.15, 0.2) is 0 Å². The zero-order valence-electron chi connectivity index (χ0n) is 16.3. The molecule has 6 nitrogen and oxygen atoms in total. The van der Waals surface area contributed by atoms with Gasteiger partial charge in [-0.3, -0.25) is 9.59 Å². The number of aliphatic hydroxyl groups excluding tert-OH is 1. The molecule has 152 valence electrons. The summed E-state index contributed by atoms with van der Waals surface area (Å²) in [6.45, 7) is 1.77. The standard InChI is InChI=1S/C23H26N2O4/c26-20-11-14-25(16-23(20)12-4-13-24-22(23)28)21(27)18-9-7-17(8-10-18)15-29-19-5-2-1-3-6-19/h1-3,5-10,20,26H,4,11-16H2,(H,24,28)/t20-,23+/m0/s1. The van der Waals surface area contributed by atoms with Crippen LogP contribution in [0.1, 0.15) is 35.2 Å². The van der Waals surface area contributed by atoms with Crippen LogP contribution in [-0.4, -0.2) is 47.6 Å². The Hall–Kier alpha value is -2.86. The van der Waals surface area contributed by atoms with E-state index in [0.717, 1.165) is 17.7 Å².